The number of rotatable bonds is 5. The van der Waals surface area contributed by atoms with Crippen molar-refractivity contribution in [3.05, 3.63) is 58.1 Å². The first-order valence-corrected chi connectivity index (χ1v) is 9.22. The summed E-state index contributed by atoms with van der Waals surface area (Å²) in [7, 11) is 1.68. The highest BCUT2D eigenvalue weighted by Gasteiger charge is 2.18. The molecular weight excluding hydrogens is 358 g/mol. The van der Waals surface area contributed by atoms with E-state index in [1.165, 1.54) is 4.90 Å². The first-order valence-electron chi connectivity index (χ1n) is 9.22. The van der Waals surface area contributed by atoms with Gasteiger partial charge in [-0.15, -0.1) is 0 Å². The maximum atomic E-state index is 12.4. The normalized spacial score (nSPS) is 12.4. The fraction of sp³-hybridized carbons (Fsp3) is 0.364. The zero-order valence-corrected chi connectivity index (χ0v) is 16.7. The standard InChI is InChI=1S/C22H25NO5/c1-14-9-15(2)21(16(3)10-14)22(25)28-13-20(24)23(4)12-17-5-6-18-19(11-17)27-8-7-26-18/h5-6,9-11H,7-8,12-13H2,1-4H3. The number of likely N-dealkylation sites (N-methyl/N-ethyl adjacent to an activating group) is 1. The Kier molecular flexibility index (Phi) is 5.87. The van der Waals surface area contributed by atoms with Crippen LogP contribution in [0.3, 0.4) is 0 Å². The van der Waals surface area contributed by atoms with Gasteiger partial charge in [-0.25, -0.2) is 4.79 Å². The van der Waals surface area contributed by atoms with E-state index >= 15 is 0 Å². The molecule has 1 amide bonds. The molecule has 0 N–H and O–H groups in total. The van der Waals surface area contributed by atoms with E-state index in [1.54, 1.807) is 7.05 Å². The van der Waals surface area contributed by atoms with Crippen molar-refractivity contribution in [3.8, 4) is 11.5 Å². The maximum absolute atomic E-state index is 12.4. The first kappa shape index (κ1) is 19.7. The SMILES string of the molecule is Cc1cc(C)c(C(=O)OCC(=O)N(C)Cc2ccc3c(c2)OCCO3)c(C)c1. The molecule has 0 fully saturated rings. The third kappa shape index (κ3) is 4.44. The Bertz CT molecular complexity index is 883. The Labute approximate surface area is 165 Å². The summed E-state index contributed by atoms with van der Waals surface area (Å²) in [4.78, 5) is 26.3. The second-order valence-corrected chi connectivity index (χ2v) is 7.08. The van der Waals surface area contributed by atoms with Crippen molar-refractivity contribution in [1.29, 1.82) is 0 Å². The molecular formula is C22H25NO5. The monoisotopic (exact) mass is 383 g/mol. The highest BCUT2D eigenvalue weighted by molar-refractivity contribution is 5.94. The number of carbonyl (C=O) groups excluding carboxylic acids is 2. The molecule has 28 heavy (non-hydrogen) atoms. The summed E-state index contributed by atoms with van der Waals surface area (Å²) in [6.07, 6.45) is 0. The van der Waals surface area contributed by atoms with Gasteiger partial charge in [-0.3, -0.25) is 4.79 Å². The Hall–Kier alpha value is -3.02. The van der Waals surface area contributed by atoms with Crippen LogP contribution in [0.2, 0.25) is 0 Å². The quantitative estimate of drug-likeness (QED) is 0.742. The highest BCUT2D eigenvalue weighted by Crippen LogP contribution is 2.31. The minimum Gasteiger partial charge on any atom is -0.486 e. The number of carbonyl (C=O) groups is 2. The second-order valence-electron chi connectivity index (χ2n) is 7.08. The molecule has 3 rings (SSSR count). The largest absolute Gasteiger partial charge is 0.486 e. The minimum atomic E-state index is -0.476. The molecule has 1 aliphatic heterocycles. The Morgan fingerprint density at radius 1 is 1.00 bits per heavy atom. The van der Waals surface area contributed by atoms with Gasteiger partial charge in [-0.2, -0.15) is 0 Å². The number of hydrogen-bond acceptors (Lipinski definition) is 5. The lowest BCUT2D eigenvalue weighted by atomic mass is 10.00. The van der Waals surface area contributed by atoms with Gasteiger partial charge in [-0.05, 0) is 49.6 Å². The maximum Gasteiger partial charge on any atom is 0.339 e. The number of aryl methyl sites for hydroxylation is 3. The van der Waals surface area contributed by atoms with Crippen molar-refractivity contribution in [2.24, 2.45) is 0 Å². The highest BCUT2D eigenvalue weighted by atomic mass is 16.6. The molecule has 1 aliphatic rings. The minimum absolute atomic E-state index is 0.273. The molecule has 0 saturated carbocycles. The lowest BCUT2D eigenvalue weighted by molar-refractivity contribution is -0.133. The molecule has 2 aromatic carbocycles. The van der Waals surface area contributed by atoms with Gasteiger partial charge in [0, 0.05) is 13.6 Å². The number of nitrogens with zero attached hydrogens (tertiary/aromatic N) is 1. The topological polar surface area (TPSA) is 65.1 Å². The number of ether oxygens (including phenoxy) is 3. The van der Waals surface area contributed by atoms with Gasteiger partial charge in [0.15, 0.2) is 18.1 Å². The van der Waals surface area contributed by atoms with Crippen LogP contribution in [0.4, 0.5) is 0 Å². The zero-order valence-electron chi connectivity index (χ0n) is 16.7. The van der Waals surface area contributed by atoms with Crippen molar-refractivity contribution in [2.75, 3.05) is 26.9 Å². The van der Waals surface area contributed by atoms with Crippen LogP contribution < -0.4 is 9.47 Å². The zero-order chi connectivity index (χ0) is 20.3. The molecule has 0 radical (unpaired) electrons. The molecule has 6 heteroatoms. The van der Waals surface area contributed by atoms with Crippen LogP contribution in [0.1, 0.15) is 32.6 Å². The number of fused-ring (bicyclic) bond motifs is 1. The van der Waals surface area contributed by atoms with E-state index in [2.05, 4.69) is 0 Å². The number of benzene rings is 2. The first-order chi connectivity index (χ1) is 13.3. The van der Waals surface area contributed by atoms with E-state index in [1.807, 2.05) is 51.1 Å². The smallest absolute Gasteiger partial charge is 0.339 e. The summed E-state index contributed by atoms with van der Waals surface area (Å²) in [5.74, 6) is 0.643. The summed E-state index contributed by atoms with van der Waals surface area (Å²) in [6.45, 7) is 6.85. The van der Waals surface area contributed by atoms with Gasteiger partial charge in [0.25, 0.3) is 5.91 Å². The lowest BCUT2D eigenvalue weighted by Crippen LogP contribution is -2.31. The van der Waals surface area contributed by atoms with E-state index in [0.717, 1.165) is 22.3 Å². The van der Waals surface area contributed by atoms with Crippen LogP contribution in [-0.2, 0) is 16.1 Å². The van der Waals surface area contributed by atoms with Gasteiger partial charge < -0.3 is 19.1 Å². The number of esters is 1. The predicted molar refractivity (Wildman–Crippen MR) is 105 cm³/mol. The molecule has 6 nitrogen and oxygen atoms in total. The molecule has 2 aromatic rings. The summed E-state index contributed by atoms with van der Waals surface area (Å²) in [6, 6.07) is 9.45. The van der Waals surface area contributed by atoms with E-state index in [9.17, 15) is 9.59 Å². The Morgan fingerprint density at radius 2 is 1.64 bits per heavy atom. The molecule has 0 unspecified atom stereocenters. The van der Waals surface area contributed by atoms with Crippen LogP contribution in [0.5, 0.6) is 11.5 Å². The van der Waals surface area contributed by atoms with Crippen molar-refractivity contribution in [3.63, 3.8) is 0 Å². The Morgan fingerprint density at radius 3 is 2.32 bits per heavy atom. The molecule has 0 bridgehead atoms. The van der Waals surface area contributed by atoms with E-state index in [0.29, 0.717) is 36.8 Å². The average Bonchev–Trinajstić information content (AvgIpc) is 2.65. The summed E-state index contributed by atoms with van der Waals surface area (Å²) >= 11 is 0. The van der Waals surface area contributed by atoms with Crippen LogP contribution >= 0.6 is 0 Å². The molecule has 0 saturated heterocycles. The number of hydrogen-bond donors (Lipinski definition) is 0. The van der Waals surface area contributed by atoms with Gasteiger partial charge in [0.2, 0.25) is 0 Å². The van der Waals surface area contributed by atoms with E-state index < -0.39 is 5.97 Å². The Balaban J connectivity index is 1.58. The van der Waals surface area contributed by atoms with Crippen molar-refractivity contribution in [2.45, 2.75) is 27.3 Å². The van der Waals surface area contributed by atoms with Crippen LogP contribution in [0.15, 0.2) is 30.3 Å². The van der Waals surface area contributed by atoms with Crippen LogP contribution in [0.25, 0.3) is 0 Å². The van der Waals surface area contributed by atoms with Gasteiger partial charge in [-0.1, -0.05) is 23.8 Å². The molecule has 0 atom stereocenters. The van der Waals surface area contributed by atoms with Crippen molar-refractivity contribution < 1.29 is 23.8 Å². The summed E-state index contributed by atoms with van der Waals surface area (Å²) in [5, 5.41) is 0. The van der Waals surface area contributed by atoms with E-state index in [-0.39, 0.29) is 12.5 Å². The fourth-order valence-electron chi connectivity index (χ4n) is 3.36. The lowest BCUT2D eigenvalue weighted by Gasteiger charge is -2.21. The molecule has 0 spiro atoms. The van der Waals surface area contributed by atoms with Crippen molar-refractivity contribution in [1.82, 2.24) is 4.90 Å². The van der Waals surface area contributed by atoms with Gasteiger partial charge in [0.05, 0.1) is 5.56 Å². The number of amides is 1. The summed E-state index contributed by atoms with van der Waals surface area (Å²) < 4.78 is 16.3. The van der Waals surface area contributed by atoms with Crippen molar-refractivity contribution >= 4 is 11.9 Å². The third-order valence-electron chi connectivity index (χ3n) is 4.66. The van der Waals surface area contributed by atoms with Crippen LogP contribution in [-0.4, -0.2) is 43.6 Å². The predicted octanol–water partition coefficient (Wildman–Crippen LogP) is 3.20. The van der Waals surface area contributed by atoms with Gasteiger partial charge >= 0.3 is 5.97 Å². The van der Waals surface area contributed by atoms with Gasteiger partial charge in [0.1, 0.15) is 13.2 Å². The van der Waals surface area contributed by atoms with Crippen LogP contribution in [0, 0.1) is 20.8 Å². The molecule has 1 heterocycles. The second kappa shape index (κ2) is 8.33. The fourth-order valence-corrected chi connectivity index (χ4v) is 3.36. The molecule has 0 aliphatic carbocycles. The third-order valence-corrected chi connectivity index (χ3v) is 4.66. The average molecular weight is 383 g/mol. The van der Waals surface area contributed by atoms with E-state index in [4.69, 9.17) is 14.2 Å². The molecule has 0 aromatic heterocycles. The summed E-state index contributed by atoms with van der Waals surface area (Å²) in [5.41, 5.74) is 4.21. The molecule has 148 valence electrons.